The topological polar surface area (TPSA) is 82.5 Å². The molecule has 5 rings (SSSR count). The van der Waals surface area contributed by atoms with Gasteiger partial charge in [0.2, 0.25) is 5.88 Å². The Kier molecular flexibility index (Phi) is 3.84. The van der Waals surface area contributed by atoms with Gasteiger partial charge < -0.3 is 9.15 Å². The Morgan fingerprint density at radius 2 is 2.03 bits per heavy atom. The van der Waals surface area contributed by atoms with Crippen LogP contribution in [0.1, 0.15) is 36.7 Å². The fourth-order valence-electron chi connectivity index (χ4n) is 3.84. The van der Waals surface area contributed by atoms with Crippen LogP contribution in [0, 0.1) is 6.92 Å². The van der Waals surface area contributed by atoms with Crippen LogP contribution in [0.3, 0.4) is 0 Å². The van der Waals surface area contributed by atoms with Gasteiger partial charge >= 0.3 is 0 Å². The number of hydrogen-bond donors (Lipinski definition) is 0. The quantitative estimate of drug-likeness (QED) is 0.528. The molecule has 0 fully saturated rings. The average molecular weight is 386 g/mol. The van der Waals surface area contributed by atoms with E-state index in [1.807, 2.05) is 37.3 Å². The van der Waals surface area contributed by atoms with E-state index in [4.69, 9.17) is 14.1 Å². The Labute approximate surface area is 166 Å². The minimum absolute atomic E-state index is 0.0880. The standard InChI is InChI=1S/C22H18N4O3/c1-12-6-4-7-15(10-12)20-24-21-19-18(16-8-5-9-28-16)17(13(2)27)14(3)29-22(19)23-11-26(21)25-20/h4-11,18H,1-3H3/t18-/m0/s1. The molecule has 7 nitrogen and oxygen atoms in total. The van der Waals surface area contributed by atoms with Crippen LogP contribution in [-0.4, -0.2) is 25.4 Å². The van der Waals surface area contributed by atoms with Gasteiger partial charge in [-0.25, -0.2) is 14.5 Å². The summed E-state index contributed by atoms with van der Waals surface area (Å²) in [4.78, 5) is 21.7. The third-order valence-corrected chi connectivity index (χ3v) is 5.08. The van der Waals surface area contributed by atoms with E-state index in [0.29, 0.717) is 40.0 Å². The summed E-state index contributed by atoms with van der Waals surface area (Å²) in [5.41, 5.74) is 3.81. The van der Waals surface area contributed by atoms with E-state index in [0.717, 1.165) is 11.1 Å². The van der Waals surface area contributed by atoms with Crippen LogP contribution in [0.15, 0.2) is 64.7 Å². The Morgan fingerprint density at radius 3 is 2.76 bits per heavy atom. The molecule has 4 aromatic rings. The van der Waals surface area contributed by atoms with Gasteiger partial charge in [-0.05, 0) is 39.0 Å². The van der Waals surface area contributed by atoms with E-state index in [9.17, 15) is 4.79 Å². The maximum Gasteiger partial charge on any atom is 0.228 e. The molecular weight excluding hydrogens is 368 g/mol. The van der Waals surface area contributed by atoms with Crippen LogP contribution in [0.5, 0.6) is 5.88 Å². The molecule has 0 amide bonds. The van der Waals surface area contributed by atoms with Gasteiger partial charge in [-0.2, -0.15) is 0 Å². The maximum absolute atomic E-state index is 12.5. The van der Waals surface area contributed by atoms with E-state index in [-0.39, 0.29) is 5.78 Å². The number of aromatic nitrogens is 4. The molecule has 0 aliphatic carbocycles. The summed E-state index contributed by atoms with van der Waals surface area (Å²) in [7, 11) is 0. The lowest BCUT2D eigenvalue weighted by atomic mass is 9.85. The van der Waals surface area contributed by atoms with Crippen LogP contribution in [0.4, 0.5) is 0 Å². The van der Waals surface area contributed by atoms with Crippen molar-refractivity contribution in [2.24, 2.45) is 0 Å². The van der Waals surface area contributed by atoms with Crippen molar-refractivity contribution in [3.05, 3.63) is 77.2 Å². The zero-order valence-corrected chi connectivity index (χ0v) is 16.2. The van der Waals surface area contributed by atoms with E-state index in [1.165, 1.54) is 6.92 Å². The number of fused-ring (bicyclic) bond motifs is 3. The first kappa shape index (κ1) is 17.4. The zero-order chi connectivity index (χ0) is 20.1. The number of furan rings is 1. The smallest absolute Gasteiger partial charge is 0.228 e. The molecule has 4 heterocycles. The van der Waals surface area contributed by atoms with Crippen LogP contribution < -0.4 is 4.74 Å². The van der Waals surface area contributed by atoms with Crippen molar-refractivity contribution in [3.63, 3.8) is 0 Å². The fraction of sp³-hybridized carbons (Fsp3) is 0.182. The molecule has 1 aliphatic rings. The fourth-order valence-corrected chi connectivity index (χ4v) is 3.84. The lowest BCUT2D eigenvalue weighted by Gasteiger charge is -2.26. The van der Waals surface area contributed by atoms with Crippen molar-refractivity contribution >= 4 is 11.4 Å². The number of allylic oxidation sites excluding steroid dienone is 2. The van der Waals surface area contributed by atoms with Gasteiger partial charge in [0.15, 0.2) is 17.3 Å². The number of ether oxygens (including phenoxy) is 1. The third kappa shape index (κ3) is 2.74. The van der Waals surface area contributed by atoms with Crippen LogP contribution >= 0.6 is 0 Å². The third-order valence-electron chi connectivity index (χ3n) is 5.08. The highest BCUT2D eigenvalue weighted by atomic mass is 16.5. The first-order chi connectivity index (χ1) is 14.0. The van der Waals surface area contributed by atoms with Crippen molar-refractivity contribution in [1.29, 1.82) is 0 Å². The monoisotopic (exact) mass is 386 g/mol. The van der Waals surface area contributed by atoms with Gasteiger partial charge in [-0.1, -0.05) is 23.8 Å². The van der Waals surface area contributed by atoms with Crippen LogP contribution in [-0.2, 0) is 4.79 Å². The highest BCUT2D eigenvalue weighted by Crippen LogP contribution is 2.44. The zero-order valence-electron chi connectivity index (χ0n) is 16.2. The lowest BCUT2D eigenvalue weighted by molar-refractivity contribution is -0.114. The number of ketones is 1. The minimum atomic E-state index is -0.461. The second kappa shape index (κ2) is 6.41. The van der Waals surface area contributed by atoms with Gasteiger partial charge in [0.25, 0.3) is 0 Å². The lowest BCUT2D eigenvalue weighted by Crippen LogP contribution is -2.21. The van der Waals surface area contributed by atoms with Gasteiger partial charge in [0, 0.05) is 11.1 Å². The van der Waals surface area contributed by atoms with E-state index < -0.39 is 5.92 Å². The highest BCUT2D eigenvalue weighted by Gasteiger charge is 2.37. The van der Waals surface area contributed by atoms with Crippen molar-refractivity contribution in [2.45, 2.75) is 26.7 Å². The Balaban J connectivity index is 1.77. The number of rotatable bonds is 3. The predicted octanol–water partition coefficient (Wildman–Crippen LogP) is 4.08. The molecule has 29 heavy (non-hydrogen) atoms. The number of carbonyl (C=O) groups excluding carboxylic acids is 1. The van der Waals surface area contributed by atoms with E-state index in [2.05, 4.69) is 10.1 Å². The Hall–Kier alpha value is -3.74. The summed E-state index contributed by atoms with van der Waals surface area (Å²) in [6.45, 7) is 5.32. The minimum Gasteiger partial charge on any atom is -0.468 e. The average Bonchev–Trinajstić information content (AvgIpc) is 3.36. The molecule has 0 saturated heterocycles. The molecule has 0 unspecified atom stereocenters. The number of carbonyl (C=O) groups is 1. The molecule has 0 saturated carbocycles. The number of benzene rings is 1. The van der Waals surface area contributed by atoms with Gasteiger partial charge in [-0.15, -0.1) is 5.10 Å². The normalized spacial score (nSPS) is 16.0. The molecule has 1 aromatic carbocycles. The molecule has 1 aliphatic heterocycles. The molecule has 7 heteroatoms. The molecule has 3 aromatic heterocycles. The number of nitrogens with zero attached hydrogens (tertiary/aromatic N) is 4. The summed E-state index contributed by atoms with van der Waals surface area (Å²) in [6, 6.07) is 11.6. The van der Waals surface area contributed by atoms with Gasteiger partial charge in [0.1, 0.15) is 17.8 Å². The SMILES string of the molecule is CC(=O)C1=C(C)Oc2ncn3nc(-c4cccc(C)c4)nc3c2[C@H]1c1ccco1. The largest absolute Gasteiger partial charge is 0.468 e. The summed E-state index contributed by atoms with van der Waals surface area (Å²) >= 11 is 0. The molecular formula is C22H18N4O3. The molecule has 0 N–H and O–H groups in total. The van der Waals surface area contributed by atoms with Crippen molar-refractivity contribution < 1.29 is 13.9 Å². The molecule has 0 bridgehead atoms. The second-order valence-electron chi connectivity index (χ2n) is 7.11. The second-order valence-corrected chi connectivity index (χ2v) is 7.11. The molecule has 0 spiro atoms. The van der Waals surface area contributed by atoms with Crippen molar-refractivity contribution in [2.75, 3.05) is 0 Å². The summed E-state index contributed by atoms with van der Waals surface area (Å²) in [5, 5.41) is 4.59. The predicted molar refractivity (Wildman–Crippen MR) is 106 cm³/mol. The summed E-state index contributed by atoms with van der Waals surface area (Å²) < 4.78 is 13.2. The highest BCUT2D eigenvalue weighted by molar-refractivity contribution is 5.97. The molecule has 0 radical (unpaired) electrons. The van der Waals surface area contributed by atoms with Gasteiger partial charge in [0.05, 0.1) is 17.7 Å². The summed E-state index contributed by atoms with van der Waals surface area (Å²) in [5.74, 6) is 1.59. The Bertz CT molecular complexity index is 1280. The molecule has 144 valence electrons. The van der Waals surface area contributed by atoms with Crippen molar-refractivity contribution in [3.8, 4) is 17.3 Å². The number of Topliss-reactive ketones (excluding diaryl/α,β-unsaturated/α-hetero) is 1. The van der Waals surface area contributed by atoms with E-state index >= 15 is 0 Å². The summed E-state index contributed by atoms with van der Waals surface area (Å²) in [6.07, 6.45) is 3.17. The van der Waals surface area contributed by atoms with Crippen LogP contribution in [0.2, 0.25) is 0 Å². The van der Waals surface area contributed by atoms with Crippen LogP contribution in [0.25, 0.3) is 17.0 Å². The van der Waals surface area contributed by atoms with Crippen molar-refractivity contribution in [1.82, 2.24) is 19.6 Å². The Morgan fingerprint density at radius 1 is 1.17 bits per heavy atom. The molecule has 1 atom stereocenters. The van der Waals surface area contributed by atoms with E-state index in [1.54, 1.807) is 30.1 Å². The first-order valence-electron chi connectivity index (χ1n) is 9.28. The van der Waals surface area contributed by atoms with Gasteiger partial charge in [-0.3, -0.25) is 4.79 Å². The first-order valence-corrected chi connectivity index (χ1v) is 9.28. The maximum atomic E-state index is 12.5. The number of aryl methyl sites for hydroxylation is 1. The number of hydrogen-bond acceptors (Lipinski definition) is 6.